The zero-order chi connectivity index (χ0) is 11.2. The van der Waals surface area contributed by atoms with Crippen LogP contribution in [-0.4, -0.2) is 37.2 Å². The summed E-state index contributed by atoms with van der Waals surface area (Å²) in [6, 6.07) is 9.82. The van der Waals surface area contributed by atoms with Crippen LogP contribution in [0.2, 0.25) is 0 Å². The number of ether oxygens (including phenoxy) is 1. The van der Waals surface area contributed by atoms with Gasteiger partial charge in [0.15, 0.2) is 0 Å². The molecule has 86 valence electrons. The number of rotatable bonds is 5. The summed E-state index contributed by atoms with van der Waals surface area (Å²) < 4.78 is 4.82. The van der Waals surface area contributed by atoms with Gasteiger partial charge >= 0.3 is 6.09 Å². The number of nitrogens with zero attached hydrogens (tertiary/aromatic N) is 1. The van der Waals surface area contributed by atoms with E-state index >= 15 is 0 Å². The Hall–Kier alpha value is -1.75. The molecule has 2 rings (SSSR count). The molecular weight excluding hydrogens is 206 g/mol. The monoisotopic (exact) mass is 221 g/mol. The van der Waals surface area contributed by atoms with Gasteiger partial charge in [0.05, 0.1) is 6.54 Å². The molecule has 1 aliphatic heterocycles. The Balaban J connectivity index is 1.64. The Bertz CT molecular complexity index is 342. The number of carbonyl (C=O) groups is 1. The van der Waals surface area contributed by atoms with Crippen molar-refractivity contribution >= 4 is 11.8 Å². The van der Waals surface area contributed by atoms with E-state index in [2.05, 4.69) is 10.9 Å². The quantitative estimate of drug-likeness (QED) is 0.576. The van der Waals surface area contributed by atoms with Crippen LogP contribution in [0.15, 0.2) is 30.3 Å². The smallest absolute Gasteiger partial charge is 0.409 e. The summed E-state index contributed by atoms with van der Waals surface area (Å²) in [6.45, 7) is 2.53. The zero-order valence-corrected chi connectivity index (χ0v) is 8.98. The molecule has 0 spiro atoms. The third kappa shape index (κ3) is 2.87. The lowest BCUT2D eigenvalue weighted by molar-refractivity contribution is 0.158. The summed E-state index contributed by atoms with van der Waals surface area (Å²) in [5, 5.41) is 0. The molecule has 0 radical (unpaired) electrons. The van der Waals surface area contributed by atoms with Crippen LogP contribution in [-0.2, 0) is 4.74 Å². The number of benzene rings is 1. The minimum Gasteiger partial charge on any atom is -0.448 e. The van der Waals surface area contributed by atoms with Crippen molar-refractivity contribution in [2.75, 3.05) is 31.7 Å². The maximum atomic E-state index is 11.1. The third-order valence-corrected chi connectivity index (χ3v) is 2.36. The highest BCUT2D eigenvalue weighted by molar-refractivity contribution is 5.69. The average molecular weight is 221 g/mol. The zero-order valence-electron chi connectivity index (χ0n) is 8.98. The van der Waals surface area contributed by atoms with Crippen LogP contribution in [0.1, 0.15) is 0 Å². The van der Waals surface area contributed by atoms with Crippen molar-refractivity contribution in [2.24, 2.45) is 0 Å². The minimum atomic E-state index is -0.221. The van der Waals surface area contributed by atoms with Crippen molar-refractivity contribution in [3.05, 3.63) is 30.3 Å². The number of amides is 1. The summed E-state index contributed by atoms with van der Waals surface area (Å²) in [4.78, 5) is 12.8. The SMILES string of the molecule is O=C1OCCN1CCNNc1ccccc1. The standard InChI is InChI=1S/C11H15N3O2/c15-11-14(8-9-16-11)7-6-12-13-10-4-2-1-3-5-10/h1-5,12-13H,6-9H2. The van der Waals surface area contributed by atoms with Crippen molar-refractivity contribution in [1.82, 2.24) is 10.3 Å². The minimum absolute atomic E-state index is 0.221. The van der Waals surface area contributed by atoms with Crippen LogP contribution >= 0.6 is 0 Å². The molecule has 1 aromatic carbocycles. The Morgan fingerprint density at radius 2 is 2.12 bits per heavy atom. The van der Waals surface area contributed by atoms with Gasteiger partial charge in [0.2, 0.25) is 0 Å². The highest BCUT2D eigenvalue weighted by Gasteiger charge is 2.20. The highest BCUT2D eigenvalue weighted by atomic mass is 16.6. The molecule has 0 bridgehead atoms. The first-order valence-electron chi connectivity index (χ1n) is 5.32. The largest absolute Gasteiger partial charge is 0.448 e. The third-order valence-electron chi connectivity index (χ3n) is 2.36. The molecule has 1 aliphatic rings. The highest BCUT2D eigenvalue weighted by Crippen LogP contribution is 2.03. The summed E-state index contributed by atoms with van der Waals surface area (Å²) in [7, 11) is 0. The molecule has 0 saturated carbocycles. The summed E-state index contributed by atoms with van der Waals surface area (Å²) >= 11 is 0. The van der Waals surface area contributed by atoms with E-state index in [1.807, 2.05) is 30.3 Å². The lowest BCUT2D eigenvalue weighted by Gasteiger charge is -2.13. The molecule has 0 unspecified atom stereocenters. The molecule has 2 N–H and O–H groups in total. The summed E-state index contributed by atoms with van der Waals surface area (Å²) in [5.41, 5.74) is 7.11. The van der Waals surface area contributed by atoms with Crippen LogP contribution < -0.4 is 10.9 Å². The predicted molar refractivity (Wildman–Crippen MR) is 61.0 cm³/mol. The molecule has 0 aromatic heterocycles. The van der Waals surface area contributed by atoms with Gasteiger partial charge in [-0.15, -0.1) is 0 Å². The van der Waals surface area contributed by atoms with Gasteiger partial charge in [-0.1, -0.05) is 18.2 Å². The van der Waals surface area contributed by atoms with Gasteiger partial charge in [-0.25, -0.2) is 10.2 Å². The number of hydrazine groups is 1. The molecule has 1 aromatic rings. The van der Waals surface area contributed by atoms with E-state index in [0.29, 0.717) is 26.2 Å². The Labute approximate surface area is 94.4 Å². The number of nitrogens with one attached hydrogen (secondary N) is 2. The van der Waals surface area contributed by atoms with Crippen LogP contribution in [0.3, 0.4) is 0 Å². The van der Waals surface area contributed by atoms with Gasteiger partial charge < -0.3 is 15.1 Å². The molecule has 1 heterocycles. The molecule has 0 atom stereocenters. The van der Waals surface area contributed by atoms with Crippen molar-refractivity contribution in [2.45, 2.75) is 0 Å². The second kappa shape index (κ2) is 5.37. The summed E-state index contributed by atoms with van der Waals surface area (Å²) in [6.07, 6.45) is -0.221. The van der Waals surface area contributed by atoms with Gasteiger partial charge in [-0.2, -0.15) is 0 Å². The molecule has 16 heavy (non-hydrogen) atoms. The lowest BCUT2D eigenvalue weighted by atomic mass is 10.3. The van der Waals surface area contributed by atoms with E-state index < -0.39 is 0 Å². The first kappa shape index (κ1) is 10.8. The van der Waals surface area contributed by atoms with Crippen LogP contribution in [0.25, 0.3) is 0 Å². The van der Waals surface area contributed by atoms with Gasteiger partial charge in [0, 0.05) is 18.8 Å². The number of carbonyl (C=O) groups excluding carboxylic acids is 1. The second-order valence-corrected chi connectivity index (χ2v) is 3.52. The maximum absolute atomic E-state index is 11.1. The van der Waals surface area contributed by atoms with E-state index in [1.165, 1.54) is 0 Å². The second-order valence-electron chi connectivity index (χ2n) is 3.52. The fourth-order valence-electron chi connectivity index (χ4n) is 1.51. The number of para-hydroxylation sites is 1. The van der Waals surface area contributed by atoms with Crippen molar-refractivity contribution in [3.63, 3.8) is 0 Å². The molecule has 0 aliphatic carbocycles. The van der Waals surface area contributed by atoms with Crippen molar-refractivity contribution in [1.29, 1.82) is 0 Å². The average Bonchev–Trinajstić information content (AvgIpc) is 2.72. The summed E-state index contributed by atoms with van der Waals surface area (Å²) in [5.74, 6) is 0. The normalized spacial score (nSPS) is 15.0. The lowest BCUT2D eigenvalue weighted by Crippen LogP contribution is -2.34. The molecule has 1 saturated heterocycles. The number of cyclic esters (lactones) is 1. The van der Waals surface area contributed by atoms with Gasteiger partial charge in [-0.05, 0) is 12.1 Å². The van der Waals surface area contributed by atoms with Crippen LogP contribution in [0.4, 0.5) is 10.5 Å². The first-order valence-corrected chi connectivity index (χ1v) is 5.32. The van der Waals surface area contributed by atoms with Gasteiger partial charge in [-0.3, -0.25) is 0 Å². The van der Waals surface area contributed by atoms with E-state index in [1.54, 1.807) is 4.90 Å². The number of anilines is 1. The number of hydrogen-bond acceptors (Lipinski definition) is 4. The fourth-order valence-corrected chi connectivity index (χ4v) is 1.51. The van der Waals surface area contributed by atoms with Gasteiger partial charge in [0.25, 0.3) is 0 Å². The maximum Gasteiger partial charge on any atom is 0.409 e. The van der Waals surface area contributed by atoms with Crippen molar-refractivity contribution in [3.8, 4) is 0 Å². The molecule has 1 amide bonds. The van der Waals surface area contributed by atoms with E-state index in [-0.39, 0.29) is 6.09 Å². The van der Waals surface area contributed by atoms with Crippen LogP contribution in [0, 0.1) is 0 Å². The Morgan fingerprint density at radius 3 is 2.81 bits per heavy atom. The van der Waals surface area contributed by atoms with E-state index in [0.717, 1.165) is 5.69 Å². The molecule has 5 nitrogen and oxygen atoms in total. The first-order chi connectivity index (χ1) is 7.86. The van der Waals surface area contributed by atoms with E-state index in [4.69, 9.17) is 4.74 Å². The van der Waals surface area contributed by atoms with Crippen LogP contribution in [0.5, 0.6) is 0 Å². The predicted octanol–water partition coefficient (Wildman–Crippen LogP) is 1.06. The van der Waals surface area contributed by atoms with Crippen molar-refractivity contribution < 1.29 is 9.53 Å². The Kier molecular flexibility index (Phi) is 3.61. The Morgan fingerprint density at radius 1 is 1.31 bits per heavy atom. The fraction of sp³-hybridized carbons (Fsp3) is 0.364. The molecule has 5 heteroatoms. The molecular formula is C11H15N3O2. The molecule has 1 fully saturated rings. The number of hydrogen-bond donors (Lipinski definition) is 2. The topological polar surface area (TPSA) is 53.6 Å². The van der Waals surface area contributed by atoms with E-state index in [9.17, 15) is 4.79 Å². The van der Waals surface area contributed by atoms with Gasteiger partial charge in [0.1, 0.15) is 6.61 Å².